The van der Waals surface area contributed by atoms with Crippen LogP contribution in [0.25, 0.3) is 22.4 Å². The summed E-state index contributed by atoms with van der Waals surface area (Å²) in [5.41, 5.74) is 1.96. The molecular formula is C20H22N4O2. The van der Waals surface area contributed by atoms with Gasteiger partial charge in [0.1, 0.15) is 17.2 Å². The van der Waals surface area contributed by atoms with Gasteiger partial charge in [-0.3, -0.25) is 0 Å². The molecule has 2 aromatic heterocycles. The van der Waals surface area contributed by atoms with Gasteiger partial charge in [0.15, 0.2) is 5.82 Å². The smallest absolute Gasteiger partial charge is 0.354 e. The molecule has 6 heteroatoms. The number of aromatic amines is 1. The molecule has 2 N–H and O–H groups in total. The molecule has 2 heterocycles. The number of hydrogen-bond donors (Lipinski definition) is 2. The van der Waals surface area contributed by atoms with Gasteiger partial charge in [0.2, 0.25) is 0 Å². The van der Waals surface area contributed by atoms with Crippen molar-refractivity contribution in [1.29, 1.82) is 0 Å². The molecule has 1 aromatic carbocycles. The second-order valence-electron chi connectivity index (χ2n) is 6.68. The van der Waals surface area contributed by atoms with E-state index in [-0.39, 0.29) is 0 Å². The lowest BCUT2D eigenvalue weighted by Crippen LogP contribution is -2.23. The first-order valence-electron chi connectivity index (χ1n) is 9.05. The van der Waals surface area contributed by atoms with E-state index in [4.69, 9.17) is 9.72 Å². The highest BCUT2D eigenvalue weighted by Gasteiger charge is 2.19. The van der Waals surface area contributed by atoms with Gasteiger partial charge in [0.05, 0.1) is 12.5 Å². The predicted octanol–water partition coefficient (Wildman–Crippen LogP) is 4.16. The molecule has 0 unspecified atom stereocenters. The number of aromatic nitrogens is 3. The summed E-state index contributed by atoms with van der Waals surface area (Å²) < 4.78 is 4.83. The predicted molar refractivity (Wildman–Crippen MR) is 101 cm³/mol. The van der Waals surface area contributed by atoms with Gasteiger partial charge in [-0.1, -0.05) is 49.6 Å². The first-order valence-corrected chi connectivity index (χ1v) is 9.05. The van der Waals surface area contributed by atoms with Crippen LogP contribution in [0.1, 0.15) is 42.6 Å². The number of benzene rings is 1. The zero-order chi connectivity index (χ0) is 17.9. The lowest BCUT2D eigenvalue weighted by Gasteiger charge is -2.23. The molecule has 3 aromatic rings. The van der Waals surface area contributed by atoms with E-state index in [1.54, 1.807) is 6.07 Å². The summed E-state index contributed by atoms with van der Waals surface area (Å²) in [6.45, 7) is 0. The third-order valence-corrected chi connectivity index (χ3v) is 4.87. The van der Waals surface area contributed by atoms with Crippen molar-refractivity contribution in [2.45, 2.75) is 38.1 Å². The van der Waals surface area contributed by atoms with Crippen LogP contribution < -0.4 is 5.32 Å². The number of esters is 1. The molecule has 0 spiro atoms. The number of fused-ring (bicyclic) bond motifs is 1. The molecule has 0 radical (unpaired) electrons. The Morgan fingerprint density at radius 2 is 1.92 bits per heavy atom. The maximum absolute atomic E-state index is 11.9. The van der Waals surface area contributed by atoms with Crippen molar-refractivity contribution in [3.8, 4) is 11.4 Å². The van der Waals surface area contributed by atoms with Crippen LogP contribution in [0.2, 0.25) is 0 Å². The van der Waals surface area contributed by atoms with E-state index in [1.165, 1.54) is 26.4 Å². The second-order valence-corrected chi connectivity index (χ2v) is 6.68. The molecule has 134 valence electrons. The maximum atomic E-state index is 11.9. The number of nitrogens with one attached hydrogen (secondary N) is 2. The van der Waals surface area contributed by atoms with Gasteiger partial charge in [-0.05, 0) is 18.9 Å². The average Bonchev–Trinajstić information content (AvgIpc) is 3.13. The molecule has 0 bridgehead atoms. The number of H-pyrrole nitrogens is 1. The van der Waals surface area contributed by atoms with Crippen LogP contribution in [0.3, 0.4) is 0 Å². The minimum absolute atomic E-state index is 0.383. The highest BCUT2D eigenvalue weighted by atomic mass is 16.5. The van der Waals surface area contributed by atoms with Gasteiger partial charge in [0, 0.05) is 11.6 Å². The van der Waals surface area contributed by atoms with Crippen molar-refractivity contribution >= 4 is 22.8 Å². The van der Waals surface area contributed by atoms with Crippen molar-refractivity contribution < 1.29 is 9.53 Å². The molecule has 0 atom stereocenters. The van der Waals surface area contributed by atoms with E-state index in [0.29, 0.717) is 23.2 Å². The van der Waals surface area contributed by atoms with Gasteiger partial charge in [-0.15, -0.1) is 0 Å². The van der Waals surface area contributed by atoms with Crippen LogP contribution in [0.5, 0.6) is 0 Å². The second kappa shape index (κ2) is 7.15. The number of carbonyl (C=O) groups excluding carboxylic acids is 1. The summed E-state index contributed by atoms with van der Waals surface area (Å²) >= 11 is 0. The Hall–Kier alpha value is -2.89. The maximum Gasteiger partial charge on any atom is 0.354 e. The van der Waals surface area contributed by atoms with Gasteiger partial charge in [-0.25, -0.2) is 14.8 Å². The Labute approximate surface area is 152 Å². The number of carbonyl (C=O) groups is 1. The van der Waals surface area contributed by atoms with Crippen LogP contribution in [0.15, 0.2) is 36.4 Å². The van der Waals surface area contributed by atoms with E-state index in [2.05, 4.69) is 15.3 Å². The highest BCUT2D eigenvalue weighted by Crippen LogP contribution is 2.28. The first kappa shape index (κ1) is 16.6. The quantitative estimate of drug-likeness (QED) is 0.691. The van der Waals surface area contributed by atoms with Gasteiger partial charge in [-0.2, -0.15) is 0 Å². The van der Waals surface area contributed by atoms with Crippen LogP contribution in [-0.2, 0) is 4.74 Å². The van der Waals surface area contributed by atoms with Crippen molar-refractivity contribution in [2.24, 2.45) is 0 Å². The van der Waals surface area contributed by atoms with E-state index in [1.807, 2.05) is 30.3 Å². The Kier molecular flexibility index (Phi) is 4.56. The third kappa shape index (κ3) is 3.27. The lowest BCUT2D eigenvalue weighted by atomic mass is 9.95. The van der Waals surface area contributed by atoms with Crippen molar-refractivity contribution in [3.63, 3.8) is 0 Å². The molecule has 26 heavy (non-hydrogen) atoms. The summed E-state index contributed by atoms with van der Waals surface area (Å²) in [5, 5.41) is 4.40. The van der Waals surface area contributed by atoms with Crippen LogP contribution in [0.4, 0.5) is 5.82 Å². The molecule has 1 fully saturated rings. The molecule has 0 aliphatic heterocycles. The molecule has 4 rings (SSSR count). The van der Waals surface area contributed by atoms with E-state index in [9.17, 15) is 4.79 Å². The van der Waals surface area contributed by atoms with E-state index < -0.39 is 5.97 Å². The number of anilines is 1. The molecule has 1 saturated carbocycles. The number of nitrogens with zero attached hydrogens (tertiary/aromatic N) is 2. The normalized spacial score (nSPS) is 15.1. The van der Waals surface area contributed by atoms with Crippen molar-refractivity contribution in [1.82, 2.24) is 15.0 Å². The largest absolute Gasteiger partial charge is 0.464 e. The molecule has 0 saturated heterocycles. The Bertz CT molecular complexity index is 914. The Balaban J connectivity index is 1.79. The summed E-state index contributed by atoms with van der Waals surface area (Å²) in [6, 6.07) is 12.0. The van der Waals surface area contributed by atoms with Crippen molar-refractivity contribution in [3.05, 3.63) is 42.1 Å². The van der Waals surface area contributed by atoms with Crippen molar-refractivity contribution in [2.75, 3.05) is 12.4 Å². The number of methoxy groups -OCH3 is 1. The Morgan fingerprint density at radius 3 is 2.65 bits per heavy atom. The minimum atomic E-state index is -0.409. The topological polar surface area (TPSA) is 79.9 Å². The van der Waals surface area contributed by atoms with Crippen LogP contribution in [0, 0.1) is 0 Å². The molecule has 1 aliphatic carbocycles. The molecule has 1 aliphatic rings. The van der Waals surface area contributed by atoms with E-state index >= 15 is 0 Å². The average molecular weight is 350 g/mol. The first-order chi connectivity index (χ1) is 12.7. The fourth-order valence-corrected chi connectivity index (χ4v) is 3.50. The highest BCUT2D eigenvalue weighted by molar-refractivity contribution is 5.98. The number of rotatable bonds is 4. The van der Waals surface area contributed by atoms with Crippen LogP contribution >= 0.6 is 0 Å². The summed E-state index contributed by atoms with van der Waals surface area (Å²) in [5.74, 6) is 0.995. The van der Waals surface area contributed by atoms with E-state index in [0.717, 1.165) is 29.6 Å². The summed E-state index contributed by atoms with van der Waals surface area (Å²) in [4.78, 5) is 24.4. The summed E-state index contributed by atoms with van der Waals surface area (Å²) in [6.07, 6.45) is 6.04. The SMILES string of the molecule is COC(=O)c1cc2c(NC3CCCCC3)nc(-c3ccccc3)nc2[nH]1. The van der Waals surface area contributed by atoms with Gasteiger partial charge < -0.3 is 15.0 Å². The van der Waals surface area contributed by atoms with Gasteiger partial charge >= 0.3 is 5.97 Å². The fraction of sp³-hybridized carbons (Fsp3) is 0.350. The third-order valence-electron chi connectivity index (χ3n) is 4.87. The zero-order valence-electron chi connectivity index (χ0n) is 14.8. The lowest BCUT2D eigenvalue weighted by molar-refractivity contribution is 0.0595. The molecule has 0 amide bonds. The van der Waals surface area contributed by atoms with Crippen LogP contribution in [-0.4, -0.2) is 34.1 Å². The number of ether oxygens (including phenoxy) is 1. The number of hydrogen-bond acceptors (Lipinski definition) is 5. The van der Waals surface area contributed by atoms with Gasteiger partial charge in [0.25, 0.3) is 0 Å². The Morgan fingerprint density at radius 1 is 1.15 bits per heavy atom. The summed E-state index contributed by atoms with van der Waals surface area (Å²) in [7, 11) is 1.37. The standard InChI is InChI=1S/C20H22N4O2/c1-26-20(25)16-12-15-18(21-14-10-6-3-7-11-14)23-17(24-19(15)22-16)13-8-4-2-5-9-13/h2,4-5,8-9,12,14H,3,6-7,10-11H2,1H3,(H2,21,22,23,24). The fourth-order valence-electron chi connectivity index (χ4n) is 3.50. The molecular weight excluding hydrogens is 328 g/mol. The monoisotopic (exact) mass is 350 g/mol. The zero-order valence-corrected chi connectivity index (χ0v) is 14.8. The molecule has 6 nitrogen and oxygen atoms in total. The minimum Gasteiger partial charge on any atom is -0.464 e.